The van der Waals surface area contributed by atoms with E-state index in [-0.39, 0.29) is 35.1 Å². The Bertz CT molecular complexity index is 1490. The lowest BCUT2D eigenvalue weighted by Gasteiger charge is -2.34. The minimum atomic E-state index is -4.32. The summed E-state index contributed by atoms with van der Waals surface area (Å²) in [6.07, 6.45) is 0.280. The van der Waals surface area contributed by atoms with Crippen LogP contribution >= 0.6 is 0 Å². The van der Waals surface area contributed by atoms with Gasteiger partial charge in [-0.15, -0.1) is 0 Å². The van der Waals surface area contributed by atoms with Crippen LogP contribution in [0, 0.1) is 17.0 Å². The van der Waals surface area contributed by atoms with Gasteiger partial charge in [0.25, 0.3) is 15.7 Å². The second kappa shape index (κ2) is 12.9. The Kier molecular flexibility index (Phi) is 9.88. The van der Waals surface area contributed by atoms with Gasteiger partial charge in [0.15, 0.2) is 0 Å². The molecule has 0 radical (unpaired) electrons. The number of aryl methyl sites for hydroxylation is 1. The molecule has 10 nitrogen and oxygen atoms in total. The van der Waals surface area contributed by atoms with E-state index in [2.05, 4.69) is 5.32 Å². The Labute approximate surface area is 241 Å². The molecule has 0 spiro atoms. The highest BCUT2D eigenvalue weighted by molar-refractivity contribution is 7.92. The number of amides is 2. The summed E-state index contributed by atoms with van der Waals surface area (Å²) < 4.78 is 28.5. The number of benzene rings is 3. The van der Waals surface area contributed by atoms with E-state index < -0.39 is 39.0 Å². The van der Waals surface area contributed by atoms with Crippen molar-refractivity contribution in [2.24, 2.45) is 0 Å². The number of nitro groups is 1. The van der Waals surface area contributed by atoms with Crippen LogP contribution in [0.1, 0.15) is 45.2 Å². The van der Waals surface area contributed by atoms with Crippen molar-refractivity contribution in [3.05, 3.63) is 100 Å². The van der Waals surface area contributed by atoms with Gasteiger partial charge >= 0.3 is 0 Å². The second-order valence-corrected chi connectivity index (χ2v) is 12.6. The summed E-state index contributed by atoms with van der Waals surface area (Å²) in [6, 6.07) is 19.2. The first-order valence-electron chi connectivity index (χ1n) is 13.2. The Morgan fingerprint density at radius 3 is 2.17 bits per heavy atom. The number of carbonyl (C=O) groups excluding carboxylic acids is 2. The third kappa shape index (κ3) is 8.14. The number of nitrogens with zero attached hydrogens (tertiary/aromatic N) is 3. The molecule has 11 heteroatoms. The summed E-state index contributed by atoms with van der Waals surface area (Å²) >= 11 is 0. The number of rotatable bonds is 11. The van der Waals surface area contributed by atoms with Crippen LogP contribution in [-0.4, -0.2) is 48.2 Å². The van der Waals surface area contributed by atoms with Gasteiger partial charge in [0.05, 0.1) is 15.5 Å². The van der Waals surface area contributed by atoms with Crippen molar-refractivity contribution in [2.75, 3.05) is 10.8 Å². The van der Waals surface area contributed by atoms with E-state index in [4.69, 9.17) is 0 Å². The van der Waals surface area contributed by atoms with Gasteiger partial charge in [-0.1, -0.05) is 61.0 Å². The smallest absolute Gasteiger partial charge is 0.271 e. The molecule has 41 heavy (non-hydrogen) atoms. The van der Waals surface area contributed by atoms with Crippen molar-refractivity contribution in [1.29, 1.82) is 0 Å². The lowest BCUT2D eigenvalue weighted by Crippen LogP contribution is -2.55. The summed E-state index contributed by atoms with van der Waals surface area (Å²) in [5, 5.41) is 14.4. The Hall–Kier alpha value is -4.25. The first-order valence-corrected chi connectivity index (χ1v) is 14.7. The average molecular weight is 581 g/mol. The third-order valence-electron chi connectivity index (χ3n) is 6.30. The van der Waals surface area contributed by atoms with Crippen LogP contribution in [0.15, 0.2) is 83.8 Å². The zero-order valence-corrected chi connectivity index (χ0v) is 24.7. The number of hydrogen-bond donors (Lipinski definition) is 1. The van der Waals surface area contributed by atoms with Crippen LogP contribution in [0.3, 0.4) is 0 Å². The van der Waals surface area contributed by atoms with Crippen LogP contribution in [0.5, 0.6) is 0 Å². The summed E-state index contributed by atoms with van der Waals surface area (Å²) in [4.78, 5) is 39.6. The number of nitro benzene ring substituents is 1. The number of hydrogen-bond acceptors (Lipinski definition) is 6. The van der Waals surface area contributed by atoms with Crippen molar-refractivity contribution < 1.29 is 22.9 Å². The van der Waals surface area contributed by atoms with Crippen LogP contribution in [0.2, 0.25) is 0 Å². The molecule has 0 aromatic heterocycles. The molecule has 1 atom stereocenters. The van der Waals surface area contributed by atoms with E-state index in [1.807, 2.05) is 52.0 Å². The molecule has 1 unspecified atom stereocenters. The van der Waals surface area contributed by atoms with E-state index in [0.29, 0.717) is 0 Å². The lowest BCUT2D eigenvalue weighted by atomic mass is 10.1. The number of non-ortho nitro benzene ring substituents is 1. The second-order valence-electron chi connectivity index (χ2n) is 10.8. The molecule has 218 valence electrons. The first-order chi connectivity index (χ1) is 19.2. The Morgan fingerprint density at radius 1 is 0.976 bits per heavy atom. The maximum absolute atomic E-state index is 14.1. The van der Waals surface area contributed by atoms with Crippen molar-refractivity contribution in [3.8, 4) is 0 Å². The predicted molar refractivity (Wildman–Crippen MR) is 158 cm³/mol. The van der Waals surface area contributed by atoms with Crippen molar-refractivity contribution in [2.45, 2.75) is 64.1 Å². The SMILES string of the molecule is CCC(C(=O)NC(C)(C)C)N(Cc1ccc(C)cc1)C(=O)CN(c1cccc([N+](=O)[O-])c1)S(=O)(=O)c1ccccc1. The normalized spacial score (nSPS) is 12.3. The molecule has 1 N–H and O–H groups in total. The van der Waals surface area contributed by atoms with Crippen LogP contribution in [0.4, 0.5) is 11.4 Å². The third-order valence-corrected chi connectivity index (χ3v) is 8.08. The Balaban J connectivity index is 2.10. The molecule has 3 rings (SSSR count). The average Bonchev–Trinajstić information content (AvgIpc) is 2.92. The molecule has 3 aromatic carbocycles. The van der Waals surface area contributed by atoms with Gasteiger partial charge in [0.2, 0.25) is 11.8 Å². The molecular formula is C30H36N4O6S. The minimum absolute atomic E-state index is 0.0427. The molecular weight excluding hydrogens is 544 g/mol. The van der Waals surface area contributed by atoms with Gasteiger partial charge in [-0.3, -0.25) is 24.0 Å². The van der Waals surface area contributed by atoms with Crippen molar-refractivity contribution in [1.82, 2.24) is 10.2 Å². The molecule has 0 fully saturated rings. The molecule has 2 amide bonds. The van der Waals surface area contributed by atoms with Gasteiger partial charge in [0.1, 0.15) is 12.6 Å². The van der Waals surface area contributed by atoms with Gasteiger partial charge < -0.3 is 10.2 Å². The highest BCUT2D eigenvalue weighted by Gasteiger charge is 2.35. The van der Waals surface area contributed by atoms with Gasteiger partial charge in [-0.2, -0.15) is 0 Å². The highest BCUT2D eigenvalue weighted by atomic mass is 32.2. The summed E-state index contributed by atoms with van der Waals surface area (Å²) in [5.74, 6) is -0.999. The summed E-state index contributed by atoms with van der Waals surface area (Å²) in [5.41, 5.74) is 0.859. The number of sulfonamides is 1. The molecule has 0 bridgehead atoms. The molecule has 0 heterocycles. The van der Waals surface area contributed by atoms with E-state index >= 15 is 0 Å². The fourth-order valence-corrected chi connectivity index (χ4v) is 5.70. The maximum atomic E-state index is 14.1. The molecule has 0 aliphatic carbocycles. The molecule has 0 saturated heterocycles. The fourth-order valence-electron chi connectivity index (χ4n) is 4.27. The maximum Gasteiger partial charge on any atom is 0.271 e. The van der Waals surface area contributed by atoms with Crippen LogP contribution in [0.25, 0.3) is 0 Å². The number of carbonyl (C=O) groups is 2. The van der Waals surface area contributed by atoms with Gasteiger partial charge in [-0.25, -0.2) is 8.42 Å². The van der Waals surface area contributed by atoms with E-state index in [9.17, 15) is 28.1 Å². The monoisotopic (exact) mass is 580 g/mol. The van der Waals surface area contributed by atoms with E-state index in [0.717, 1.165) is 21.5 Å². The number of nitrogens with one attached hydrogen (secondary N) is 1. The highest BCUT2D eigenvalue weighted by Crippen LogP contribution is 2.28. The van der Waals surface area contributed by atoms with Crippen molar-refractivity contribution >= 4 is 33.2 Å². The van der Waals surface area contributed by atoms with Gasteiger partial charge in [-0.05, 0) is 57.9 Å². The first kappa shape index (κ1) is 31.3. The lowest BCUT2D eigenvalue weighted by molar-refractivity contribution is -0.384. The minimum Gasteiger partial charge on any atom is -0.350 e. The molecule has 0 saturated carbocycles. The van der Waals surface area contributed by atoms with Gasteiger partial charge in [0, 0.05) is 24.2 Å². The van der Waals surface area contributed by atoms with Crippen molar-refractivity contribution in [3.63, 3.8) is 0 Å². The van der Waals surface area contributed by atoms with E-state index in [1.54, 1.807) is 25.1 Å². The standard InChI is InChI=1S/C30H36N4O6S/c1-6-27(29(36)31-30(3,4)5)32(20-23-17-15-22(2)16-18-23)28(35)21-33(24-11-10-12-25(19-24)34(37)38)41(39,40)26-13-8-7-9-14-26/h7-19,27H,6,20-21H2,1-5H3,(H,31,36). The zero-order chi connectivity index (χ0) is 30.4. The fraction of sp³-hybridized carbons (Fsp3) is 0.333. The predicted octanol–water partition coefficient (Wildman–Crippen LogP) is 4.82. The largest absolute Gasteiger partial charge is 0.350 e. The molecule has 3 aromatic rings. The topological polar surface area (TPSA) is 130 Å². The summed E-state index contributed by atoms with van der Waals surface area (Å²) in [7, 11) is -4.32. The quantitative estimate of drug-likeness (QED) is 0.256. The van der Waals surface area contributed by atoms with Crippen LogP contribution < -0.4 is 9.62 Å². The molecule has 0 aliphatic rings. The molecule has 0 aliphatic heterocycles. The van der Waals surface area contributed by atoms with Crippen LogP contribution in [-0.2, 0) is 26.2 Å². The summed E-state index contributed by atoms with van der Waals surface area (Å²) in [6.45, 7) is 8.60. The zero-order valence-electron chi connectivity index (χ0n) is 23.9. The Morgan fingerprint density at radius 2 is 1.61 bits per heavy atom. The van der Waals surface area contributed by atoms with E-state index in [1.165, 1.54) is 35.2 Å². The number of anilines is 1.